The summed E-state index contributed by atoms with van der Waals surface area (Å²) in [6, 6.07) is 10.3. The topological polar surface area (TPSA) is 68.3 Å². The van der Waals surface area contributed by atoms with Gasteiger partial charge in [-0.25, -0.2) is 4.79 Å². The van der Waals surface area contributed by atoms with Gasteiger partial charge in [-0.3, -0.25) is 9.78 Å². The number of pyridine rings is 1. The van der Waals surface area contributed by atoms with Crippen molar-refractivity contribution in [2.24, 2.45) is 5.92 Å². The molecule has 1 aliphatic rings. The number of esters is 1. The second-order valence-corrected chi connectivity index (χ2v) is 8.47. The number of carbonyl (C=O) groups excluding carboxylic acids is 2. The first kappa shape index (κ1) is 23.0. The zero-order chi connectivity index (χ0) is 23.8. The van der Waals surface area contributed by atoms with Crippen molar-refractivity contribution in [1.29, 1.82) is 0 Å². The lowest BCUT2D eigenvalue weighted by atomic mass is 9.84. The van der Waals surface area contributed by atoms with Crippen molar-refractivity contribution in [3.63, 3.8) is 0 Å². The van der Waals surface area contributed by atoms with Crippen LogP contribution in [0.2, 0.25) is 5.02 Å². The maximum absolute atomic E-state index is 13.3. The Morgan fingerprint density at radius 1 is 1.18 bits per heavy atom. The van der Waals surface area contributed by atoms with Gasteiger partial charge >= 0.3 is 12.1 Å². The van der Waals surface area contributed by atoms with Crippen molar-refractivity contribution < 1.29 is 27.5 Å². The van der Waals surface area contributed by atoms with Gasteiger partial charge in [0.25, 0.3) is 5.91 Å². The molecule has 4 rings (SSSR count). The number of nitrogens with zero attached hydrogens (tertiary/aromatic N) is 1. The number of rotatable bonds is 4. The molecule has 0 saturated heterocycles. The molecule has 0 aliphatic heterocycles. The summed E-state index contributed by atoms with van der Waals surface area (Å²) < 4.78 is 45.0. The Kier molecular flexibility index (Phi) is 6.30. The van der Waals surface area contributed by atoms with Gasteiger partial charge < -0.3 is 10.1 Å². The van der Waals surface area contributed by atoms with Crippen LogP contribution < -0.4 is 5.32 Å². The molecule has 1 amide bonds. The van der Waals surface area contributed by atoms with E-state index in [1.54, 1.807) is 18.2 Å². The molecular formula is C24H20ClF3N2O3. The third-order valence-electron chi connectivity index (χ3n) is 5.63. The molecule has 0 bridgehead atoms. The maximum Gasteiger partial charge on any atom is 0.418 e. The lowest BCUT2D eigenvalue weighted by Gasteiger charge is -2.24. The minimum absolute atomic E-state index is 0.271. The molecule has 1 aliphatic carbocycles. The summed E-state index contributed by atoms with van der Waals surface area (Å²) in [5.41, 5.74) is 0.959. The molecule has 1 aromatic heterocycles. The van der Waals surface area contributed by atoms with E-state index in [-0.39, 0.29) is 5.02 Å². The number of aromatic nitrogens is 1. The van der Waals surface area contributed by atoms with Crippen molar-refractivity contribution in [1.82, 2.24) is 4.98 Å². The highest BCUT2D eigenvalue weighted by atomic mass is 35.5. The van der Waals surface area contributed by atoms with E-state index >= 15 is 0 Å². The van der Waals surface area contributed by atoms with Crippen LogP contribution in [-0.4, -0.2) is 23.5 Å². The Labute approximate surface area is 192 Å². The summed E-state index contributed by atoms with van der Waals surface area (Å²) in [6.45, 7) is 1.32. The van der Waals surface area contributed by atoms with E-state index < -0.39 is 35.9 Å². The normalized spacial score (nSPS) is 15.7. The van der Waals surface area contributed by atoms with Gasteiger partial charge in [0.1, 0.15) is 0 Å². The smallest absolute Gasteiger partial charge is 0.418 e. The second kappa shape index (κ2) is 9.02. The first-order valence-electron chi connectivity index (χ1n) is 10.4. The number of carbonyl (C=O) groups is 2. The number of para-hydroxylation sites is 2. The van der Waals surface area contributed by atoms with Crippen LogP contribution in [0.4, 0.5) is 18.9 Å². The van der Waals surface area contributed by atoms with Crippen molar-refractivity contribution in [3.8, 4) is 0 Å². The van der Waals surface area contributed by atoms with Crippen LogP contribution in [0.15, 0.2) is 42.5 Å². The number of amides is 1. The largest absolute Gasteiger partial charge is 0.452 e. The predicted octanol–water partition coefficient (Wildman–Crippen LogP) is 5.83. The lowest BCUT2D eigenvalue weighted by molar-refractivity contribution is -0.137. The Hall–Kier alpha value is -3.13. The fraction of sp³-hybridized carbons (Fsp3) is 0.292. The summed E-state index contributed by atoms with van der Waals surface area (Å²) in [5, 5.41) is 2.46. The number of alkyl halides is 3. The van der Waals surface area contributed by atoms with E-state index in [1.165, 1.54) is 6.07 Å². The van der Waals surface area contributed by atoms with E-state index in [4.69, 9.17) is 16.3 Å². The van der Waals surface area contributed by atoms with E-state index in [1.807, 2.05) is 6.07 Å². The van der Waals surface area contributed by atoms with Crippen molar-refractivity contribution in [2.75, 3.05) is 11.9 Å². The van der Waals surface area contributed by atoms with E-state index in [9.17, 15) is 22.8 Å². The number of fused-ring (bicyclic) bond motifs is 2. The molecule has 1 N–H and O–H groups in total. The van der Waals surface area contributed by atoms with Crippen molar-refractivity contribution >= 4 is 40.1 Å². The van der Waals surface area contributed by atoms with Crippen LogP contribution in [0, 0.1) is 5.92 Å². The molecule has 172 valence electrons. The highest BCUT2D eigenvalue weighted by Gasteiger charge is 2.35. The Morgan fingerprint density at radius 3 is 2.70 bits per heavy atom. The molecule has 0 fully saturated rings. The summed E-state index contributed by atoms with van der Waals surface area (Å²) in [6.07, 6.45) is -2.38. The third kappa shape index (κ3) is 4.80. The van der Waals surface area contributed by atoms with Crippen LogP contribution in [0.1, 0.15) is 40.5 Å². The molecule has 5 nitrogen and oxygen atoms in total. The first-order chi connectivity index (χ1) is 15.6. The van der Waals surface area contributed by atoms with Crippen molar-refractivity contribution in [3.05, 3.63) is 69.9 Å². The average Bonchev–Trinajstić information content (AvgIpc) is 2.76. The number of halogens is 4. The third-order valence-corrected chi connectivity index (χ3v) is 5.94. The lowest BCUT2D eigenvalue weighted by Crippen LogP contribution is -2.24. The van der Waals surface area contributed by atoms with Gasteiger partial charge in [-0.1, -0.05) is 42.8 Å². The van der Waals surface area contributed by atoms with Crippen LogP contribution >= 0.6 is 11.6 Å². The summed E-state index contributed by atoms with van der Waals surface area (Å²) in [7, 11) is 0. The molecule has 1 unspecified atom stereocenters. The molecule has 0 radical (unpaired) electrons. The fourth-order valence-electron chi connectivity index (χ4n) is 4.06. The number of anilines is 1. The van der Waals surface area contributed by atoms with Gasteiger partial charge in [0.05, 0.1) is 27.4 Å². The quantitative estimate of drug-likeness (QED) is 0.481. The first-order valence-corrected chi connectivity index (χ1v) is 10.8. The van der Waals surface area contributed by atoms with Crippen LogP contribution in [0.3, 0.4) is 0 Å². The van der Waals surface area contributed by atoms with E-state index in [0.717, 1.165) is 36.2 Å². The maximum atomic E-state index is 13.3. The molecule has 9 heteroatoms. The zero-order valence-corrected chi connectivity index (χ0v) is 18.4. The Bertz CT molecular complexity index is 1240. The molecule has 3 aromatic rings. The van der Waals surface area contributed by atoms with Crippen LogP contribution in [0.5, 0.6) is 0 Å². The average molecular weight is 477 g/mol. The SMILES string of the molecule is CC1CCc2nc3ccccc3c(C(=O)OCC(=O)Nc3c(Cl)cccc3C(F)(F)F)c2C1. The summed E-state index contributed by atoms with van der Waals surface area (Å²) in [5.74, 6) is -1.29. The van der Waals surface area contributed by atoms with Crippen LogP contribution in [-0.2, 0) is 28.5 Å². The standard InChI is InChI=1S/C24H20ClF3N2O3/c1-13-9-10-19-15(11-13)21(14-5-2-3-8-18(14)29-19)23(32)33-12-20(31)30-22-16(24(26,27)28)6-4-7-17(22)25/h2-8,13H,9-12H2,1H3,(H,30,31). The van der Waals surface area contributed by atoms with Gasteiger partial charge in [-0.15, -0.1) is 0 Å². The van der Waals surface area contributed by atoms with E-state index in [2.05, 4.69) is 17.2 Å². The Morgan fingerprint density at radius 2 is 1.94 bits per heavy atom. The zero-order valence-electron chi connectivity index (χ0n) is 17.6. The van der Waals surface area contributed by atoms with Crippen LogP contribution in [0.25, 0.3) is 10.9 Å². The molecule has 1 atom stereocenters. The number of hydrogen-bond acceptors (Lipinski definition) is 4. The summed E-state index contributed by atoms with van der Waals surface area (Å²) in [4.78, 5) is 30.1. The number of hydrogen-bond donors (Lipinski definition) is 1. The van der Waals surface area contributed by atoms with E-state index in [0.29, 0.717) is 28.8 Å². The summed E-state index contributed by atoms with van der Waals surface area (Å²) >= 11 is 5.87. The van der Waals surface area contributed by atoms with Gasteiger partial charge in [-0.05, 0) is 48.9 Å². The molecule has 33 heavy (non-hydrogen) atoms. The Balaban J connectivity index is 1.57. The molecule has 0 saturated carbocycles. The number of aryl methyl sites for hydroxylation is 1. The monoisotopic (exact) mass is 476 g/mol. The fourth-order valence-corrected chi connectivity index (χ4v) is 4.28. The van der Waals surface area contributed by atoms with Gasteiger partial charge in [0.15, 0.2) is 6.61 Å². The molecule has 1 heterocycles. The minimum Gasteiger partial charge on any atom is -0.452 e. The number of benzene rings is 2. The number of nitrogens with one attached hydrogen (secondary N) is 1. The van der Waals surface area contributed by atoms with Crippen molar-refractivity contribution in [2.45, 2.75) is 32.4 Å². The molecule has 2 aromatic carbocycles. The number of ether oxygens (including phenoxy) is 1. The predicted molar refractivity (Wildman–Crippen MR) is 118 cm³/mol. The van der Waals surface area contributed by atoms with Gasteiger partial charge in [0.2, 0.25) is 0 Å². The van der Waals surface area contributed by atoms with Gasteiger partial charge in [-0.2, -0.15) is 13.2 Å². The van der Waals surface area contributed by atoms with Gasteiger partial charge in [0, 0.05) is 11.1 Å². The molecular weight excluding hydrogens is 457 g/mol. The second-order valence-electron chi connectivity index (χ2n) is 8.06. The minimum atomic E-state index is -4.71. The molecule has 0 spiro atoms. The highest BCUT2D eigenvalue weighted by Crippen LogP contribution is 2.38. The highest BCUT2D eigenvalue weighted by molar-refractivity contribution is 6.34.